The lowest BCUT2D eigenvalue weighted by Gasteiger charge is -2.45. The van der Waals surface area contributed by atoms with Crippen LogP contribution in [-0.2, 0) is 20.3 Å². The Morgan fingerprint density at radius 1 is 0.362 bits per heavy atom. The van der Waals surface area contributed by atoms with E-state index in [-0.39, 0.29) is 25.4 Å². The van der Waals surface area contributed by atoms with E-state index in [0.29, 0.717) is 36.5 Å². The number of ether oxygens (including phenoxy) is 6. The molecule has 2 saturated carbocycles. The van der Waals surface area contributed by atoms with Crippen LogP contribution in [0.5, 0.6) is 23.0 Å². The van der Waals surface area contributed by atoms with Gasteiger partial charge in [0.25, 0.3) is 0 Å². The van der Waals surface area contributed by atoms with Crippen LogP contribution < -0.4 is 18.9 Å². The molecule has 7 nitrogen and oxygen atoms in total. The highest BCUT2D eigenvalue weighted by atomic mass is 16.6. The predicted octanol–water partition coefficient (Wildman–Crippen LogP) is 16.3. The molecular weight excluding hydrogens is 989 g/mol. The van der Waals surface area contributed by atoms with Crippen LogP contribution in [0.15, 0.2) is 206 Å². The van der Waals surface area contributed by atoms with E-state index in [4.69, 9.17) is 28.4 Å². The summed E-state index contributed by atoms with van der Waals surface area (Å²) in [6.45, 7) is 6.86. The molecule has 1 N–H and O–H groups in total. The van der Waals surface area contributed by atoms with Crippen molar-refractivity contribution in [3.63, 3.8) is 0 Å². The molecule has 4 atom stereocenters. The van der Waals surface area contributed by atoms with Crippen LogP contribution in [0.4, 0.5) is 0 Å². The summed E-state index contributed by atoms with van der Waals surface area (Å²) in [7, 11) is 0. The van der Waals surface area contributed by atoms with Gasteiger partial charge in [0.15, 0.2) is 0 Å². The van der Waals surface area contributed by atoms with E-state index in [1.807, 2.05) is 13.8 Å². The van der Waals surface area contributed by atoms with E-state index in [2.05, 4.69) is 206 Å². The highest BCUT2D eigenvalue weighted by Gasteiger charge is 2.46. The molecule has 8 aromatic carbocycles. The molecule has 2 heterocycles. The summed E-state index contributed by atoms with van der Waals surface area (Å²) in [4.78, 5) is 0. The average molecular weight is 1070 g/mol. The van der Waals surface area contributed by atoms with Crippen LogP contribution in [0.1, 0.15) is 111 Å². The Morgan fingerprint density at radius 3 is 0.912 bits per heavy atom. The number of hydrogen-bond donors (Lipinski definition) is 1. The van der Waals surface area contributed by atoms with Crippen molar-refractivity contribution in [1.82, 2.24) is 0 Å². The maximum atomic E-state index is 11.4. The van der Waals surface area contributed by atoms with Gasteiger partial charge in [-0.2, -0.15) is 0 Å². The number of rotatable bonds is 22. The molecule has 0 spiro atoms. The summed E-state index contributed by atoms with van der Waals surface area (Å²) in [5.41, 5.74) is 11.5. The van der Waals surface area contributed by atoms with Gasteiger partial charge in [-0.25, -0.2) is 0 Å². The maximum absolute atomic E-state index is 11.4. The lowest BCUT2D eigenvalue weighted by Crippen LogP contribution is -2.39. The molecule has 4 aliphatic rings. The second kappa shape index (κ2) is 26.0. The zero-order valence-electron chi connectivity index (χ0n) is 46.7. The van der Waals surface area contributed by atoms with Crippen molar-refractivity contribution < 1.29 is 33.5 Å². The van der Waals surface area contributed by atoms with Crippen LogP contribution in [0, 0.1) is 11.8 Å². The second-order valence-electron chi connectivity index (χ2n) is 22.1. The third-order valence-corrected chi connectivity index (χ3v) is 17.1. The average Bonchev–Trinajstić information content (AvgIpc) is 4.54. The van der Waals surface area contributed by atoms with Crippen molar-refractivity contribution in [3.05, 3.63) is 240 Å². The molecule has 4 fully saturated rings. The highest BCUT2D eigenvalue weighted by Crippen LogP contribution is 2.53. The van der Waals surface area contributed by atoms with E-state index in [1.165, 1.54) is 94.2 Å². The van der Waals surface area contributed by atoms with E-state index in [1.54, 1.807) is 0 Å². The quantitative estimate of drug-likeness (QED) is 0.0535. The first kappa shape index (κ1) is 54.8. The topological polar surface area (TPSA) is 82.2 Å². The van der Waals surface area contributed by atoms with E-state index in [9.17, 15) is 5.11 Å². The zero-order chi connectivity index (χ0) is 54.6. The molecule has 2 aliphatic carbocycles. The van der Waals surface area contributed by atoms with Crippen molar-refractivity contribution in [2.75, 3.05) is 39.6 Å². The molecular formula is C73H78O7. The first-order valence-corrected chi connectivity index (χ1v) is 29.7. The second-order valence-corrected chi connectivity index (χ2v) is 22.1. The fraction of sp³-hybridized carbons (Fsp3) is 0.342. The van der Waals surface area contributed by atoms with Gasteiger partial charge in [-0.1, -0.05) is 210 Å². The van der Waals surface area contributed by atoms with Gasteiger partial charge >= 0.3 is 0 Å². The van der Waals surface area contributed by atoms with Crippen LogP contribution in [-0.4, -0.2) is 63.1 Å². The largest absolute Gasteiger partial charge is 0.491 e. The van der Waals surface area contributed by atoms with Gasteiger partial charge in [-0.15, -0.1) is 0 Å². The Balaban J connectivity index is 0.00000334. The third kappa shape index (κ3) is 12.4. The standard InChI is InChI=1S/C71H72O7.C2H6/c72-63(45-73-64-37-29-59(30-38-64)70(55-17-9-3-10-18-55,61-33-41-66(42-34-61)75-47-68-49-77-68)57-25-21-53(22-26-57)51-13-5-1-6-14-51)46-74-65-39-31-60(32-40-65)71(56-19-11-4-12-20-56,62-35-43-67(44-36-62)76-48-69-50-78-69)58-27-23-54(24-28-58)52-15-7-2-8-16-52;1-2/h1-2,5-8,13-16,21-44,55-56,63,68-69,72H,3-4,9-12,17-20,45-50H2;1-2H3. The monoisotopic (exact) mass is 1070 g/mol. The third-order valence-electron chi connectivity index (χ3n) is 17.1. The van der Waals surface area contributed by atoms with E-state index in [0.717, 1.165) is 50.4 Å². The number of aliphatic hydroxyl groups excluding tert-OH is 1. The molecule has 2 aliphatic heterocycles. The number of benzene rings is 8. The van der Waals surface area contributed by atoms with Crippen molar-refractivity contribution in [1.29, 1.82) is 0 Å². The van der Waals surface area contributed by atoms with Gasteiger partial charge in [0.1, 0.15) is 67.7 Å². The lowest BCUT2D eigenvalue weighted by molar-refractivity contribution is 0.0626. The number of aliphatic hydroxyl groups is 1. The minimum absolute atomic E-state index is 0.0939. The minimum Gasteiger partial charge on any atom is -0.491 e. The SMILES string of the molecule is CC.OC(COc1ccc(C(c2ccc(OCC3CO3)cc2)(c2ccc(-c3ccccc3)cc2)C2CCCCC2)cc1)COc1ccc(C(c2ccc(OCC3CO3)cc2)(c2ccc(-c3ccccc3)cc2)C2CCCCC2)cc1. The predicted molar refractivity (Wildman–Crippen MR) is 321 cm³/mol. The lowest BCUT2D eigenvalue weighted by atomic mass is 9.58. The van der Waals surface area contributed by atoms with Crippen molar-refractivity contribution in [2.24, 2.45) is 11.8 Å². The van der Waals surface area contributed by atoms with Gasteiger partial charge in [0, 0.05) is 10.8 Å². The van der Waals surface area contributed by atoms with Crippen molar-refractivity contribution in [2.45, 2.75) is 107 Å². The Morgan fingerprint density at radius 2 is 0.625 bits per heavy atom. The molecule has 0 aromatic heterocycles. The van der Waals surface area contributed by atoms with Gasteiger partial charge in [-0.3, -0.25) is 0 Å². The number of epoxide rings is 2. The Bertz CT molecular complexity index is 2910. The first-order valence-electron chi connectivity index (χ1n) is 29.7. The van der Waals surface area contributed by atoms with Crippen LogP contribution >= 0.6 is 0 Å². The Hall–Kier alpha value is -7.16. The highest BCUT2D eigenvalue weighted by molar-refractivity contribution is 5.67. The fourth-order valence-corrected chi connectivity index (χ4v) is 13.0. The molecule has 12 rings (SSSR count). The molecule has 8 aromatic rings. The van der Waals surface area contributed by atoms with Crippen LogP contribution in [0.25, 0.3) is 22.3 Å². The number of hydrogen-bond acceptors (Lipinski definition) is 7. The summed E-state index contributed by atoms with van der Waals surface area (Å²) < 4.78 is 35.8. The molecule has 0 radical (unpaired) electrons. The van der Waals surface area contributed by atoms with E-state index < -0.39 is 16.9 Å². The van der Waals surface area contributed by atoms with Gasteiger partial charge in [0.05, 0.1) is 13.2 Å². The fourth-order valence-electron chi connectivity index (χ4n) is 13.0. The van der Waals surface area contributed by atoms with Crippen LogP contribution in [0.3, 0.4) is 0 Å². The molecule has 412 valence electrons. The molecule has 2 saturated heterocycles. The van der Waals surface area contributed by atoms with Gasteiger partial charge in [0.2, 0.25) is 0 Å². The maximum Gasteiger partial charge on any atom is 0.122 e. The van der Waals surface area contributed by atoms with Crippen LogP contribution in [0.2, 0.25) is 0 Å². The zero-order valence-corrected chi connectivity index (χ0v) is 46.7. The summed E-state index contributed by atoms with van der Waals surface area (Å²) in [6.07, 6.45) is 11.4. The molecule has 0 bridgehead atoms. The summed E-state index contributed by atoms with van der Waals surface area (Å²) in [6, 6.07) is 74.6. The minimum atomic E-state index is -0.849. The van der Waals surface area contributed by atoms with Crippen molar-refractivity contribution in [3.8, 4) is 45.3 Å². The van der Waals surface area contributed by atoms with Gasteiger partial charge in [-0.05, 0) is 142 Å². The summed E-state index contributed by atoms with van der Waals surface area (Å²) >= 11 is 0. The Labute approximate surface area is 474 Å². The first-order chi connectivity index (χ1) is 39.5. The molecule has 7 heteroatoms. The van der Waals surface area contributed by atoms with Gasteiger partial charge < -0.3 is 33.5 Å². The Kier molecular flexibility index (Phi) is 17.8. The molecule has 0 amide bonds. The smallest absolute Gasteiger partial charge is 0.122 e. The summed E-state index contributed by atoms with van der Waals surface area (Å²) in [5, 5.41) is 11.4. The summed E-state index contributed by atoms with van der Waals surface area (Å²) in [5.74, 6) is 3.89. The van der Waals surface area contributed by atoms with E-state index >= 15 is 0 Å². The molecule has 4 unspecified atom stereocenters. The normalized spacial score (nSPS) is 19.0. The molecule has 80 heavy (non-hydrogen) atoms. The van der Waals surface area contributed by atoms with Crippen molar-refractivity contribution >= 4 is 0 Å².